The molecule has 0 aliphatic carbocycles. The number of hydrogen-bond donors (Lipinski definition) is 1. The maximum Gasteiger partial charge on any atom is 0.335 e. The Morgan fingerprint density at radius 2 is 1.84 bits per heavy atom. The van der Waals surface area contributed by atoms with Crippen LogP contribution in [0.4, 0.5) is 5.95 Å². The Morgan fingerprint density at radius 3 is 2.63 bits per heavy atom. The lowest BCUT2D eigenvalue weighted by Gasteiger charge is -2.39. The van der Waals surface area contributed by atoms with Crippen LogP contribution in [0.3, 0.4) is 0 Å². The summed E-state index contributed by atoms with van der Waals surface area (Å²) >= 11 is 0. The van der Waals surface area contributed by atoms with E-state index in [2.05, 4.69) is 11.1 Å². The van der Waals surface area contributed by atoms with Crippen molar-refractivity contribution in [2.24, 2.45) is 7.05 Å². The van der Waals surface area contributed by atoms with Gasteiger partial charge in [-0.15, -0.1) is 0 Å². The first kappa shape index (κ1) is 23.5. The first-order valence-corrected chi connectivity index (χ1v) is 12.1. The monoisotopic (exact) mass is 508 g/mol. The lowest BCUT2D eigenvalue weighted by molar-refractivity contribution is 0.0696. The highest BCUT2D eigenvalue weighted by Gasteiger charge is 2.33. The Hall–Kier alpha value is -4.92. The van der Waals surface area contributed by atoms with Crippen molar-refractivity contribution in [1.82, 2.24) is 14.5 Å². The Bertz CT molecular complexity index is 1720. The van der Waals surface area contributed by atoms with Crippen LogP contribution in [0.2, 0.25) is 0 Å². The summed E-state index contributed by atoms with van der Waals surface area (Å²) in [7, 11) is 3.07. The molecule has 1 aliphatic rings. The summed E-state index contributed by atoms with van der Waals surface area (Å²) in [6, 6.07) is 21.9. The number of methoxy groups -OCH3 is 1. The number of carbonyl (C=O) groups is 1. The molecule has 38 heavy (non-hydrogen) atoms. The van der Waals surface area contributed by atoms with Crippen molar-refractivity contribution in [3.63, 3.8) is 0 Å². The van der Waals surface area contributed by atoms with Gasteiger partial charge in [-0.1, -0.05) is 48.5 Å². The van der Waals surface area contributed by atoms with E-state index < -0.39 is 5.97 Å². The molecule has 0 radical (unpaired) electrons. The molecule has 3 aromatic carbocycles. The average Bonchev–Trinajstić information content (AvgIpc) is 3.38. The number of para-hydroxylation sites is 2. The third-order valence-corrected chi connectivity index (χ3v) is 6.92. The fraction of sp³-hybridized carbons (Fsp3) is 0.172. The number of carboxylic acids is 1. The van der Waals surface area contributed by atoms with Gasteiger partial charge in [0.2, 0.25) is 11.7 Å². The summed E-state index contributed by atoms with van der Waals surface area (Å²) in [6.45, 7) is 0.554. The van der Waals surface area contributed by atoms with Crippen LogP contribution in [0.25, 0.3) is 22.7 Å². The number of nitrogens with zero attached hydrogens (tertiary/aromatic N) is 4. The summed E-state index contributed by atoms with van der Waals surface area (Å²) in [6.07, 6.45) is 0.728. The van der Waals surface area contributed by atoms with Gasteiger partial charge >= 0.3 is 5.97 Å². The number of ether oxygens (including phenoxy) is 1. The number of aromatic nitrogens is 3. The van der Waals surface area contributed by atoms with Gasteiger partial charge in [-0.2, -0.15) is 0 Å². The zero-order chi connectivity index (χ0) is 26.4. The molecule has 190 valence electrons. The molecule has 9 heteroatoms. The minimum absolute atomic E-state index is 0.0321. The largest absolute Gasteiger partial charge is 0.489 e. The van der Waals surface area contributed by atoms with E-state index in [4.69, 9.17) is 14.1 Å². The highest BCUT2D eigenvalue weighted by atomic mass is 16.5. The van der Waals surface area contributed by atoms with Gasteiger partial charge in [0.1, 0.15) is 5.52 Å². The number of anilines is 1. The van der Waals surface area contributed by atoms with Gasteiger partial charge in [0.15, 0.2) is 11.3 Å². The lowest BCUT2D eigenvalue weighted by Crippen LogP contribution is -2.40. The molecule has 1 aliphatic heterocycles. The Balaban J connectivity index is 1.57. The van der Waals surface area contributed by atoms with Gasteiger partial charge in [-0.25, -0.2) is 14.8 Å². The summed E-state index contributed by atoms with van der Waals surface area (Å²) in [5.74, 6) is -0.391. The highest BCUT2D eigenvalue weighted by Crippen LogP contribution is 2.39. The molecule has 0 bridgehead atoms. The van der Waals surface area contributed by atoms with E-state index in [1.807, 2.05) is 47.4 Å². The van der Waals surface area contributed by atoms with Crippen LogP contribution in [0.1, 0.15) is 33.1 Å². The normalized spacial score (nSPS) is 14.9. The zero-order valence-corrected chi connectivity index (χ0v) is 20.8. The molecule has 1 N–H and O–H groups in total. The molecule has 1 unspecified atom stereocenters. The second kappa shape index (κ2) is 9.19. The van der Waals surface area contributed by atoms with Gasteiger partial charge in [0.05, 0.1) is 18.7 Å². The maximum atomic E-state index is 13.5. The van der Waals surface area contributed by atoms with Crippen LogP contribution in [0, 0.1) is 0 Å². The number of carboxylic acid groups (broad SMARTS) is 1. The predicted octanol–water partition coefficient (Wildman–Crippen LogP) is 4.45. The van der Waals surface area contributed by atoms with Crippen molar-refractivity contribution in [1.29, 1.82) is 0 Å². The van der Waals surface area contributed by atoms with Gasteiger partial charge in [-0.05, 0) is 47.4 Å². The smallest absolute Gasteiger partial charge is 0.335 e. The number of hydrogen-bond acceptors (Lipinski definition) is 7. The summed E-state index contributed by atoms with van der Waals surface area (Å²) in [4.78, 5) is 36.8. The highest BCUT2D eigenvalue weighted by molar-refractivity contribution is 5.88. The minimum atomic E-state index is -1.00. The number of oxazole rings is 1. The van der Waals surface area contributed by atoms with E-state index in [1.54, 1.807) is 31.3 Å². The van der Waals surface area contributed by atoms with E-state index in [0.29, 0.717) is 23.6 Å². The molecule has 0 amide bonds. The van der Waals surface area contributed by atoms with Crippen LogP contribution in [0.15, 0.2) is 82.0 Å². The fourth-order valence-electron chi connectivity index (χ4n) is 5.11. The third-order valence-electron chi connectivity index (χ3n) is 6.92. The Labute approximate surface area is 217 Å². The quantitative estimate of drug-likeness (QED) is 0.371. The molecule has 0 spiro atoms. The molecule has 1 atom stereocenters. The van der Waals surface area contributed by atoms with Gasteiger partial charge in [0, 0.05) is 13.6 Å². The maximum absolute atomic E-state index is 13.5. The number of aromatic carboxylic acids is 1. The standard InChI is InChI=1S/C29H24N4O5/c1-32-27(34)25(37-2)23(26-30-21-12-5-6-13-22(21)38-26)31-29(32)33-15-14-17-8-3-4-11-20(17)24(33)18-9-7-10-19(16-18)28(35)36/h3-13,16,24H,14-15H2,1-2H3,(H,35,36). The first-order valence-electron chi connectivity index (χ1n) is 12.1. The van der Waals surface area contributed by atoms with E-state index in [0.717, 1.165) is 23.1 Å². The van der Waals surface area contributed by atoms with Crippen molar-refractivity contribution < 1.29 is 19.1 Å². The SMILES string of the molecule is COc1c(-c2nc3ccccc3o2)nc(N2CCc3ccccc3C2c2cccc(C(=O)O)c2)n(C)c1=O. The molecule has 0 saturated carbocycles. The van der Waals surface area contributed by atoms with Gasteiger partial charge < -0.3 is 19.2 Å². The fourth-order valence-corrected chi connectivity index (χ4v) is 5.11. The van der Waals surface area contributed by atoms with E-state index in [9.17, 15) is 14.7 Å². The Morgan fingerprint density at radius 1 is 1.05 bits per heavy atom. The number of benzene rings is 3. The molecule has 5 aromatic rings. The van der Waals surface area contributed by atoms with E-state index in [-0.39, 0.29) is 34.5 Å². The Kier molecular flexibility index (Phi) is 5.68. The molecule has 2 aromatic heterocycles. The third kappa shape index (κ3) is 3.80. The molecule has 6 rings (SSSR count). The molecular weight excluding hydrogens is 484 g/mol. The van der Waals surface area contributed by atoms with Crippen molar-refractivity contribution in [3.8, 4) is 17.3 Å². The van der Waals surface area contributed by atoms with Crippen LogP contribution in [-0.2, 0) is 13.5 Å². The summed E-state index contributed by atoms with van der Waals surface area (Å²) in [5, 5.41) is 9.64. The molecule has 3 heterocycles. The predicted molar refractivity (Wildman–Crippen MR) is 142 cm³/mol. The zero-order valence-electron chi connectivity index (χ0n) is 20.8. The second-order valence-corrected chi connectivity index (χ2v) is 9.12. The van der Waals surface area contributed by atoms with Crippen molar-refractivity contribution in [2.75, 3.05) is 18.6 Å². The van der Waals surface area contributed by atoms with Crippen molar-refractivity contribution in [2.45, 2.75) is 12.5 Å². The molecule has 9 nitrogen and oxygen atoms in total. The topological polar surface area (TPSA) is 111 Å². The lowest BCUT2D eigenvalue weighted by atomic mass is 9.88. The summed E-state index contributed by atoms with van der Waals surface area (Å²) in [5.41, 5.74) is 4.19. The number of fused-ring (bicyclic) bond motifs is 2. The van der Waals surface area contributed by atoms with Crippen LogP contribution < -0.4 is 15.2 Å². The van der Waals surface area contributed by atoms with Crippen LogP contribution in [0.5, 0.6) is 5.75 Å². The molecule has 0 fully saturated rings. The van der Waals surface area contributed by atoms with Crippen LogP contribution in [-0.4, -0.2) is 39.3 Å². The van der Waals surface area contributed by atoms with Crippen molar-refractivity contribution >= 4 is 23.0 Å². The van der Waals surface area contributed by atoms with Crippen molar-refractivity contribution in [3.05, 3.63) is 105 Å². The van der Waals surface area contributed by atoms with Crippen LogP contribution >= 0.6 is 0 Å². The summed E-state index contributed by atoms with van der Waals surface area (Å²) < 4.78 is 12.9. The first-order chi connectivity index (χ1) is 18.5. The molecular formula is C29H24N4O5. The van der Waals surface area contributed by atoms with E-state index in [1.165, 1.54) is 11.7 Å². The van der Waals surface area contributed by atoms with Gasteiger partial charge in [0.25, 0.3) is 11.4 Å². The van der Waals surface area contributed by atoms with E-state index >= 15 is 0 Å². The number of rotatable bonds is 5. The second-order valence-electron chi connectivity index (χ2n) is 9.12. The average molecular weight is 509 g/mol. The molecule has 0 saturated heterocycles. The van der Waals surface area contributed by atoms with Gasteiger partial charge in [-0.3, -0.25) is 9.36 Å². The minimum Gasteiger partial charge on any atom is -0.489 e.